The predicted octanol–water partition coefficient (Wildman–Crippen LogP) is 1.34. The molecule has 0 saturated carbocycles. The summed E-state index contributed by atoms with van der Waals surface area (Å²) in [7, 11) is 0. The van der Waals surface area contributed by atoms with Crippen molar-refractivity contribution in [3.63, 3.8) is 0 Å². The maximum Gasteiger partial charge on any atom is 0.0989 e. The second-order valence-corrected chi connectivity index (χ2v) is 3.23. The summed E-state index contributed by atoms with van der Waals surface area (Å²) in [5, 5.41) is 0. The molecule has 0 aliphatic heterocycles. The quantitative estimate of drug-likeness (QED) is 0.488. The Morgan fingerprint density at radius 2 is 2.20 bits per heavy atom. The van der Waals surface area contributed by atoms with Crippen molar-refractivity contribution in [2.24, 2.45) is 11.7 Å². The molecule has 2 nitrogen and oxygen atoms in total. The van der Waals surface area contributed by atoms with E-state index >= 15 is 0 Å². The topological polar surface area (TPSA) is 35.2 Å². The molecule has 10 heavy (non-hydrogen) atoms. The zero-order valence-electron chi connectivity index (χ0n) is 6.59. The summed E-state index contributed by atoms with van der Waals surface area (Å²) in [6.45, 7) is 5.49. The molecule has 0 saturated heterocycles. The van der Waals surface area contributed by atoms with Crippen LogP contribution in [0.15, 0.2) is 0 Å². The number of thiocarbonyl (C=S) groups is 1. The van der Waals surface area contributed by atoms with Gasteiger partial charge in [-0.25, -0.2) is 0 Å². The largest absolute Gasteiger partial charge is 0.391 e. The van der Waals surface area contributed by atoms with Crippen molar-refractivity contribution >= 4 is 17.2 Å². The van der Waals surface area contributed by atoms with Crippen LogP contribution in [0.5, 0.6) is 0 Å². The summed E-state index contributed by atoms with van der Waals surface area (Å²) < 4.78 is 5.14. The van der Waals surface area contributed by atoms with Crippen LogP contribution in [0.25, 0.3) is 0 Å². The van der Waals surface area contributed by atoms with Gasteiger partial charge in [0.15, 0.2) is 0 Å². The van der Waals surface area contributed by atoms with E-state index in [1.54, 1.807) is 0 Å². The monoisotopic (exact) mass is 161 g/mol. The molecule has 0 amide bonds. The van der Waals surface area contributed by atoms with E-state index in [0.29, 0.717) is 17.5 Å². The molecule has 0 aliphatic rings. The minimum Gasteiger partial charge on any atom is -0.391 e. The highest BCUT2D eigenvalue weighted by molar-refractivity contribution is 7.80. The van der Waals surface area contributed by atoms with E-state index in [-0.39, 0.29) is 0 Å². The first-order chi connectivity index (χ1) is 4.63. The lowest BCUT2D eigenvalue weighted by Gasteiger charge is -2.04. The van der Waals surface area contributed by atoms with Crippen LogP contribution in [-0.4, -0.2) is 18.2 Å². The Bertz CT molecular complexity index is 104. The highest BCUT2D eigenvalue weighted by atomic mass is 32.1. The average molecular weight is 161 g/mol. The van der Waals surface area contributed by atoms with E-state index in [1.165, 1.54) is 0 Å². The van der Waals surface area contributed by atoms with E-state index < -0.39 is 0 Å². The molecule has 0 radical (unpaired) electrons. The van der Waals surface area contributed by atoms with Gasteiger partial charge in [-0.2, -0.15) is 0 Å². The molecule has 3 heteroatoms. The molecule has 60 valence electrons. The van der Waals surface area contributed by atoms with Crippen molar-refractivity contribution in [2.45, 2.75) is 20.3 Å². The van der Waals surface area contributed by atoms with Crippen LogP contribution in [0.2, 0.25) is 0 Å². The lowest BCUT2D eigenvalue weighted by atomic mass is 10.1. The summed E-state index contributed by atoms with van der Waals surface area (Å²) in [4.78, 5) is 0.434. The molecule has 0 aromatic rings. The molecule has 2 N–H and O–H groups in total. The molecule has 0 atom stereocenters. The zero-order chi connectivity index (χ0) is 7.98. The fourth-order valence-electron chi connectivity index (χ4n) is 0.492. The van der Waals surface area contributed by atoms with Gasteiger partial charge < -0.3 is 10.5 Å². The Balaban J connectivity index is 2.98. The Kier molecular flexibility index (Phi) is 5.54. The first-order valence-corrected chi connectivity index (χ1v) is 3.89. The molecule has 0 rings (SSSR count). The van der Waals surface area contributed by atoms with Crippen molar-refractivity contribution < 1.29 is 4.74 Å². The van der Waals surface area contributed by atoms with Crippen molar-refractivity contribution in [3.8, 4) is 0 Å². The Morgan fingerprint density at radius 1 is 1.60 bits per heavy atom. The van der Waals surface area contributed by atoms with E-state index in [0.717, 1.165) is 13.0 Å². The van der Waals surface area contributed by atoms with E-state index in [1.807, 2.05) is 0 Å². The van der Waals surface area contributed by atoms with Crippen LogP contribution in [0.3, 0.4) is 0 Å². The number of nitrogens with two attached hydrogens (primary N) is 1. The standard InChI is InChI=1S/C7H15NOS/c1-6(2)3-4-9-5-7(8)10/h6H,3-5H2,1-2H3,(H2,8,10). The van der Waals surface area contributed by atoms with Gasteiger partial charge in [-0.15, -0.1) is 0 Å². The molecule has 0 aromatic heterocycles. The lowest BCUT2D eigenvalue weighted by molar-refractivity contribution is 0.159. The van der Waals surface area contributed by atoms with Crippen molar-refractivity contribution in [2.75, 3.05) is 13.2 Å². The molecule has 0 unspecified atom stereocenters. The van der Waals surface area contributed by atoms with Crippen LogP contribution in [0.4, 0.5) is 0 Å². The number of rotatable bonds is 5. The molecule has 0 fully saturated rings. The number of hydrogen-bond donors (Lipinski definition) is 1. The number of ether oxygens (including phenoxy) is 1. The van der Waals surface area contributed by atoms with Crippen LogP contribution >= 0.6 is 12.2 Å². The van der Waals surface area contributed by atoms with E-state index in [4.69, 9.17) is 10.5 Å². The first kappa shape index (κ1) is 9.85. The van der Waals surface area contributed by atoms with Gasteiger partial charge in [0, 0.05) is 6.61 Å². The lowest BCUT2D eigenvalue weighted by Crippen LogP contribution is -2.16. The van der Waals surface area contributed by atoms with Crippen LogP contribution in [-0.2, 0) is 4.74 Å². The summed E-state index contributed by atoms with van der Waals surface area (Å²) >= 11 is 4.63. The second-order valence-electron chi connectivity index (χ2n) is 2.70. The third kappa shape index (κ3) is 7.85. The summed E-state index contributed by atoms with van der Waals surface area (Å²) in [6, 6.07) is 0. The van der Waals surface area contributed by atoms with Crippen molar-refractivity contribution in [3.05, 3.63) is 0 Å². The molecular weight excluding hydrogens is 146 g/mol. The molecule has 0 spiro atoms. The maximum atomic E-state index is 5.22. The average Bonchev–Trinajstić information content (AvgIpc) is 1.79. The molecule has 0 heterocycles. The fraction of sp³-hybridized carbons (Fsp3) is 0.857. The Morgan fingerprint density at radius 3 is 2.60 bits per heavy atom. The minimum atomic E-state index is 0.419. The molecular formula is C7H15NOS. The SMILES string of the molecule is CC(C)CCOCC(N)=S. The van der Waals surface area contributed by atoms with Gasteiger partial charge >= 0.3 is 0 Å². The Labute approximate surface area is 67.7 Å². The van der Waals surface area contributed by atoms with Gasteiger partial charge in [0.05, 0.1) is 11.6 Å². The van der Waals surface area contributed by atoms with Gasteiger partial charge in [0.2, 0.25) is 0 Å². The van der Waals surface area contributed by atoms with Gasteiger partial charge in [0.1, 0.15) is 0 Å². The summed E-state index contributed by atoms with van der Waals surface area (Å²) in [5.74, 6) is 0.686. The second kappa shape index (κ2) is 5.62. The van der Waals surface area contributed by atoms with Crippen LogP contribution in [0, 0.1) is 5.92 Å². The van der Waals surface area contributed by atoms with Crippen molar-refractivity contribution in [1.29, 1.82) is 0 Å². The minimum absolute atomic E-state index is 0.419. The van der Waals surface area contributed by atoms with Gasteiger partial charge in [-0.3, -0.25) is 0 Å². The Hall–Kier alpha value is -0.150. The van der Waals surface area contributed by atoms with E-state index in [9.17, 15) is 0 Å². The fourth-order valence-corrected chi connectivity index (χ4v) is 0.575. The highest BCUT2D eigenvalue weighted by Crippen LogP contribution is 1.98. The third-order valence-electron chi connectivity index (χ3n) is 1.08. The molecule has 0 aromatic carbocycles. The van der Waals surface area contributed by atoms with Gasteiger partial charge in [0.25, 0.3) is 0 Å². The highest BCUT2D eigenvalue weighted by Gasteiger charge is 1.93. The molecule has 0 bridgehead atoms. The first-order valence-electron chi connectivity index (χ1n) is 3.49. The smallest absolute Gasteiger partial charge is 0.0989 e. The van der Waals surface area contributed by atoms with Crippen molar-refractivity contribution in [1.82, 2.24) is 0 Å². The zero-order valence-corrected chi connectivity index (χ0v) is 7.41. The predicted molar refractivity (Wildman–Crippen MR) is 47.1 cm³/mol. The summed E-state index contributed by atoms with van der Waals surface area (Å²) in [6.07, 6.45) is 1.07. The van der Waals surface area contributed by atoms with Crippen LogP contribution < -0.4 is 5.73 Å². The number of hydrogen-bond acceptors (Lipinski definition) is 2. The molecule has 0 aliphatic carbocycles. The van der Waals surface area contributed by atoms with Crippen LogP contribution in [0.1, 0.15) is 20.3 Å². The van der Waals surface area contributed by atoms with Gasteiger partial charge in [-0.1, -0.05) is 26.1 Å². The third-order valence-corrected chi connectivity index (χ3v) is 1.20. The maximum absolute atomic E-state index is 5.22. The van der Waals surface area contributed by atoms with E-state index in [2.05, 4.69) is 26.1 Å². The van der Waals surface area contributed by atoms with Gasteiger partial charge in [-0.05, 0) is 12.3 Å². The summed E-state index contributed by atoms with van der Waals surface area (Å²) in [5.41, 5.74) is 5.22. The normalized spacial score (nSPS) is 10.3.